The molecule has 1 heterocycles. The number of hydrogen-bond acceptors (Lipinski definition) is 8. The van der Waals surface area contributed by atoms with Gasteiger partial charge in [-0.05, 0) is 36.5 Å². The molecule has 1 aromatic heterocycles. The smallest absolute Gasteiger partial charge is 0.326 e. The van der Waals surface area contributed by atoms with Gasteiger partial charge in [0.1, 0.15) is 18.1 Å². The number of rotatable bonds is 17. The highest BCUT2D eigenvalue weighted by Crippen LogP contribution is 2.19. The summed E-state index contributed by atoms with van der Waals surface area (Å²) >= 11 is 1.40. The van der Waals surface area contributed by atoms with E-state index in [2.05, 4.69) is 20.9 Å². The number of carbonyl (C=O) groups is 6. The first-order valence-electron chi connectivity index (χ1n) is 12.4. The minimum Gasteiger partial charge on any atom is -0.480 e. The lowest BCUT2D eigenvalue weighted by atomic mass is 10.0. The van der Waals surface area contributed by atoms with Crippen LogP contribution in [0.2, 0.25) is 0 Å². The van der Waals surface area contributed by atoms with E-state index in [-0.39, 0.29) is 25.7 Å². The molecule has 1 aromatic carbocycles. The van der Waals surface area contributed by atoms with Crippen LogP contribution in [-0.4, -0.2) is 81.8 Å². The Kier molecular flexibility index (Phi) is 12.4. The van der Waals surface area contributed by atoms with Gasteiger partial charge in [-0.3, -0.25) is 24.0 Å². The Morgan fingerprint density at radius 2 is 1.52 bits per heavy atom. The summed E-state index contributed by atoms with van der Waals surface area (Å²) in [5.74, 6) is -4.86. The van der Waals surface area contributed by atoms with Crippen LogP contribution in [0.15, 0.2) is 30.5 Å². The van der Waals surface area contributed by atoms with Crippen LogP contribution < -0.4 is 33.2 Å². The van der Waals surface area contributed by atoms with Gasteiger partial charge < -0.3 is 43.2 Å². The van der Waals surface area contributed by atoms with Crippen LogP contribution in [0.1, 0.15) is 31.2 Å². The molecule has 0 aliphatic carbocycles. The van der Waals surface area contributed by atoms with Crippen molar-refractivity contribution in [3.63, 3.8) is 0 Å². The number of amides is 5. The normalized spacial score (nSPS) is 13.9. The standard InChI is InChI=1S/C25H35N7O7S/c1-40-9-8-17(30-22(35)15(26)6-7-20(27)33)23(36)31-18(11-21(28)34)24(37)32-19(25(38)39)10-13-12-29-16-5-3-2-4-14(13)16/h2-5,12,15,17-19,29H,6-11,26H2,1H3,(H2,27,33)(H2,28,34)(H,30,35)(H,31,36)(H,32,37)(H,38,39). The summed E-state index contributed by atoms with van der Waals surface area (Å²) in [7, 11) is 0. The number of aliphatic carboxylic acids is 1. The van der Waals surface area contributed by atoms with Crippen LogP contribution >= 0.6 is 11.8 Å². The van der Waals surface area contributed by atoms with Gasteiger partial charge in [0.15, 0.2) is 0 Å². The van der Waals surface area contributed by atoms with E-state index in [0.717, 1.165) is 10.9 Å². The Morgan fingerprint density at radius 3 is 2.15 bits per heavy atom. The maximum absolute atomic E-state index is 13.1. The van der Waals surface area contributed by atoms with E-state index in [1.807, 2.05) is 12.1 Å². The highest BCUT2D eigenvalue weighted by molar-refractivity contribution is 7.98. The molecular weight excluding hydrogens is 542 g/mol. The van der Waals surface area contributed by atoms with Gasteiger partial charge in [-0.2, -0.15) is 11.8 Å². The molecule has 0 fully saturated rings. The Morgan fingerprint density at radius 1 is 0.900 bits per heavy atom. The number of primary amides is 2. The molecule has 0 spiro atoms. The number of carboxylic acids is 1. The first-order valence-corrected chi connectivity index (χ1v) is 13.8. The fourth-order valence-electron chi connectivity index (χ4n) is 3.89. The van der Waals surface area contributed by atoms with E-state index in [1.54, 1.807) is 24.6 Å². The molecule has 0 radical (unpaired) electrons. The monoisotopic (exact) mass is 577 g/mol. The highest BCUT2D eigenvalue weighted by atomic mass is 32.2. The first kappa shape index (κ1) is 32.1. The number of thioether (sulfide) groups is 1. The van der Waals surface area contributed by atoms with Crippen LogP contribution in [0.4, 0.5) is 0 Å². The second-order valence-corrected chi connectivity index (χ2v) is 10.1. The zero-order valence-corrected chi connectivity index (χ0v) is 22.8. The van der Waals surface area contributed by atoms with Crippen LogP contribution in [0.3, 0.4) is 0 Å². The van der Waals surface area contributed by atoms with Gasteiger partial charge in [-0.1, -0.05) is 18.2 Å². The molecule has 218 valence electrons. The lowest BCUT2D eigenvalue weighted by Gasteiger charge is -2.24. The second-order valence-electron chi connectivity index (χ2n) is 9.15. The average molecular weight is 578 g/mol. The average Bonchev–Trinajstić information content (AvgIpc) is 3.30. The van der Waals surface area contributed by atoms with Crippen molar-refractivity contribution < 1.29 is 33.9 Å². The molecule has 0 saturated carbocycles. The molecule has 0 aliphatic heterocycles. The third-order valence-corrected chi connectivity index (χ3v) is 6.68. The minimum absolute atomic E-state index is 0.0300. The fourth-order valence-corrected chi connectivity index (χ4v) is 4.36. The number of para-hydroxylation sites is 1. The van der Waals surface area contributed by atoms with E-state index in [0.29, 0.717) is 11.3 Å². The number of nitrogens with two attached hydrogens (primary N) is 3. The number of fused-ring (bicyclic) bond motifs is 1. The number of aromatic amines is 1. The third-order valence-electron chi connectivity index (χ3n) is 6.03. The molecule has 2 rings (SSSR count). The summed E-state index contributed by atoms with van der Waals surface area (Å²) in [6, 6.07) is 2.11. The minimum atomic E-state index is -1.51. The lowest BCUT2D eigenvalue weighted by molar-refractivity contribution is -0.142. The molecule has 4 atom stereocenters. The Bertz CT molecular complexity index is 1240. The highest BCUT2D eigenvalue weighted by Gasteiger charge is 2.31. The van der Waals surface area contributed by atoms with Gasteiger partial charge in [0.05, 0.1) is 12.5 Å². The van der Waals surface area contributed by atoms with Crippen molar-refractivity contribution in [2.24, 2.45) is 17.2 Å². The van der Waals surface area contributed by atoms with Crippen LogP contribution in [0.5, 0.6) is 0 Å². The lowest BCUT2D eigenvalue weighted by Crippen LogP contribution is -2.58. The van der Waals surface area contributed by atoms with Crippen LogP contribution in [-0.2, 0) is 35.2 Å². The van der Waals surface area contributed by atoms with Crippen LogP contribution in [0.25, 0.3) is 10.9 Å². The maximum Gasteiger partial charge on any atom is 0.326 e. The molecule has 0 saturated heterocycles. The van der Waals surface area contributed by atoms with Gasteiger partial charge in [0, 0.05) is 29.9 Å². The number of hydrogen-bond donors (Lipinski definition) is 8. The summed E-state index contributed by atoms with van der Waals surface area (Å²) in [5.41, 5.74) is 17.6. The zero-order chi connectivity index (χ0) is 29.8. The van der Waals surface area contributed by atoms with E-state index in [1.165, 1.54) is 11.8 Å². The summed E-state index contributed by atoms with van der Waals surface area (Å²) in [6.07, 6.45) is 2.75. The molecule has 2 aromatic rings. The Balaban J connectivity index is 2.15. The first-order chi connectivity index (χ1) is 18.9. The predicted molar refractivity (Wildman–Crippen MR) is 149 cm³/mol. The summed E-state index contributed by atoms with van der Waals surface area (Å²) in [5, 5.41) is 17.8. The fraction of sp³-hybridized carbons (Fsp3) is 0.440. The molecule has 40 heavy (non-hydrogen) atoms. The quantitative estimate of drug-likeness (QED) is 0.108. The van der Waals surface area contributed by atoms with Crippen molar-refractivity contribution in [2.45, 2.75) is 56.3 Å². The van der Waals surface area contributed by atoms with Crippen LogP contribution in [0, 0.1) is 0 Å². The number of H-pyrrole nitrogens is 1. The zero-order valence-electron chi connectivity index (χ0n) is 22.0. The van der Waals surface area contributed by atoms with E-state index < -0.39 is 66.1 Å². The molecule has 0 aliphatic rings. The van der Waals surface area contributed by atoms with Crippen molar-refractivity contribution >= 4 is 58.2 Å². The number of carboxylic acid groups (broad SMARTS) is 1. The molecule has 5 amide bonds. The summed E-state index contributed by atoms with van der Waals surface area (Å²) < 4.78 is 0. The maximum atomic E-state index is 13.1. The van der Waals surface area contributed by atoms with Crippen molar-refractivity contribution in [3.05, 3.63) is 36.0 Å². The van der Waals surface area contributed by atoms with Crippen molar-refractivity contribution in [2.75, 3.05) is 12.0 Å². The molecule has 15 heteroatoms. The number of benzene rings is 1. The Hall–Kier alpha value is -4.11. The molecular formula is C25H35N7O7S. The van der Waals surface area contributed by atoms with Gasteiger partial charge >= 0.3 is 5.97 Å². The third kappa shape index (κ3) is 9.89. The van der Waals surface area contributed by atoms with Crippen molar-refractivity contribution in [3.8, 4) is 0 Å². The summed E-state index contributed by atoms with van der Waals surface area (Å²) in [4.78, 5) is 76.4. The van der Waals surface area contributed by atoms with Gasteiger partial charge in [0.25, 0.3) is 0 Å². The summed E-state index contributed by atoms with van der Waals surface area (Å²) in [6.45, 7) is 0. The number of carbonyl (C=O) groups excluding carboxylic acids is 5. The topological polar surface area (TPSA) is 253 Å². The number of nitrogens with one attached hydrogen (secondary N) is 4. The van der Waals surface area contributed by atoms with Gasteiger partial charge in [-0.15, -0.1) is 0 Å². The van der Waals surface area contributed by atoms with Gasteiger partial charge in [0.2, 0.25) is 29.5 Å². The molecule has 4 unspecified atom stereocenters. The molecule has 0 bridgehead atoms. The van der Waals surface area contributed by atoms with Crippen molar-refractivity contribution in [1.82, 2.24) is 20.9 Å². The SMILES string of the molecule is CSCCC(NC(=O)C(N)CCC(N)=O)C(=O)NC(CC(N)=O)C(=O)NC(Cc1c[nH]c2ccccc12)C(=O)O. The van der Waals surface area contributed by atoms with E-state index >= 15 is 0 Å². The largest absolute Gasteiger partial charge is 0.480 e. The van der Waals surface area contributed by atoms with E-state index in [9.17, 15) is 33.9 Å². The predicted octanol–water partition coefficient (Wildman–Crippen LogP) is -1.53. The second kappa shape index (κ2) is 15.5. The molecule has 14 nitrogen and oxygen atoms in total. The van der Waals surface area contributed by atoms with Crippen molar-refractivity contribution in [1.29, 1.82) is 0 Å². The number of aromatic nitrogens is 1. The van der Waals surface area contributed by atoms with Gasteiger partial charge in [-0.25, -0.2) is 4.79 Å². The van der Waals surface area contributed by atoms with E-state index in [4.69, 9.17) is 17.2 Å². The molecule has 11 N–H and O–H groups in total. The Labute approximate surface area is 234 Å².